The summed E-state index contributed by atoms with van der Waals surface area (Å²) >= 11 is 1.64. The van der Waals surface area contributed by atoms with Crippen molar-refractivity contribution in [3.8, 4) is 5.75 Å². The summed E-state index contributed by atoms with van der Waals surface area (Å²) in [5.41, 5.74) is 1.26. The first-order valence-corrected chi connectivity index (χ1v) is 11.2. The van der Waals surface area contributed by atoms with Crippen LogP contribution in [0, 0.1) is 0 Å². The van der Waals surface area contributed by atoms with E-state index in [2.05, 4.69) is 5.32 Å². The fourth-order valence-corrected chi connectivity index (χ4v) is 4.41. The molecule has 0 spiro atoms. The van der Waals surface area contributed by atoms with Crippen LogP contribution in [0.3, 0.4) is 0 Å². The first-order chi connectivity index (χ1) is 14.6. The van der Waals surface area contributed by atoms with Crippen molar-refractivity contribution in [2.45, 2.75) is 30.8 Å². The van der Waals surface area contributed by atoms with Crippen molar-refractivity contribution in [3.63, 3.8) is 0 Å². The molecule has 0 aromatic heterocycles. The number of hydrogen-bond donors (Lipinski definition) is 1. The van der Waals surface area contributed by atoms with Crippen LogP contribution >= 0.6 is 11.8 Å². The number of benzene rings is 2. The average molecular weight is 429 g/mol. The zero-order chi connectivity index (χ0) is 21.3. The van der Waals surface area contributed by atoms with Gasteiger partial charge in [-0.3, -0.25) is 9.59 Å². The highest BCUT2D eigenvalue weighted by Gasteiger charge is 2.22. The molecule has 0 saturated carbocycles. The smallest absolute Gasteiger partial charge is 0.255 e. The van der Waals surface area contributed by atoms with Gasteiger partial charge in [-0.1, -0.05) is 18.2 Å². The SMILES string of the molecule is CCN(CC(=O)Nc1cccc(OC)c1)C(=O)c1ccccc1SCC1CCCO1. The molecule has 6 nitrogen and oxygen atoms in total. The van der Waals surface area contributed by atoms with E-state index in [1.165, 1.54) is 0 Å². The topological polar surface area (TPSA) is 67.9 Å². The molecule has 1 heterocycles. The fourth-order valence-electron chi connectivity index (χ4n) is 3.30. The van der Waals surface area contributed by atoms with Gasteiger partial charge in [-0.2, -0.15) is 0 Å². The second-order valence-electron chi connectivity index (χ2n) is 7.04. The molecule has 160 valence electrons. The minimum Gasteiger partial charge on any atom is -0.497 e. The van der Waals surface area contributed by atoms with Crippen LogP contribution in [0.4, 0.5) is 5.69 Å². The summed E-state index contributed by atoms with van der Waals surface area (Å²) in [5, 5.41) is 2.83. The van der Waals surface area contributed by atoms with Crippen LogP contribution in [-0.4, -0.2) is 55.4 Å². The van der Waals surface area contributed by atoms with Gasteiger partial charge in [-0.05, 0) is 44.0 Å². The summed E-state index contributed by atoms with van der Waals surface area (Å²) in [7, 11) is 1.58. The predicted molar refractivity (Wildman–Crippen MR) is 119 cm³/mol. The maximum absolute atomic E-state index is 13.2. The number of likely N-dealkylation sites (N-methyl/N-ethyl adjacent to an activating group) is 1. The summed E-state index contributed by atoms with van der Waals surface area (Å²) < 4.78 is 10.9. The molecule has 1 atom stereocenters. The Labute approximate surface area is 181 Å². The molecule has 1 saturated heterocycles. The highest BCUT2D eigenvalue weighted by atomic mass is 32.2. The number of methoxy groups -OCH3 is 1. The number of carbonyl (C=O) groups is 2. The van der Waals surface area contributed by atoms with Gasteiger partial charge in [0.1, 0.15) is 12.3 Å². The molecular formula is C23H28N2O4S. The molecule has 1 aliphatic rings. The Morgan fingerprint density at radius 1 is 1.23 bits per heavy atom. The van der Waals surface area contributed by atoms with E-state index < -0.39 is 0 Å². The van der Waals surface area contributed by atoms with Gasteiger partial charge in [0.25, 0.3) is 5.91 Å². The summed E-state index contributed by atoms with van der Waals surface area (Å²) in [6.07, 6.45) is 2.40. The van der Waals surface area contributed by atoms with Crippen molar-refractivity contribution in [1.82, 2.24) is 4.90 Å². The van der Waals surface area contributed by atoms with Gasteiger partial charge >= 0.3 is 0 Å². The Hall–Kier alpha value is -2.51. The first kappa shape index (κ1) is 22.2. The Kier molecular flexibility index (Phi) is 8.16. The molecule has 7 heteroatoms. The van der Waals surface area contributed by atoms with Gasteiger partial charge in [0.2, 0.25) is 5.91 Å². The van der Waals surface area contributed by atoms with E-state index in [0.29, 0.717) is 23.5 Å². The van der Waals surface area contributed by atoms with E-state index in [-0.39, 0.29) is 24.5 Å². The Bertz CT molecular complexity index is 868. The van der Waals surface area contributed by atoms with Gasteiger partial charge in [0, 0.05) is 35.6 Å². The normalized spacial score (nSPS) is 15.6. The number of nitrogens with one attached hydrogen (secondary N) is 1. The minimum atomic E-state index is -0.247. The van der Waals surface area contributed by atoms with E-state index in [1.807, 2.05) is 37.3 Å². The Morgan fingerprint density at radius 3 is 2.80 bits per heavy atom. The lowest BCUT2D eigenvalue weighted by Gasteiger charge is -2.22. The van der Waals surface area contributed by atoms with Gasteiger partial charge < -0.3 is 19.7 Å². The molecule has 1 N–H and O–H groups in total. The van der Waals surface area contributed by atoms with Gasteiger partial charge in [-0.15, -0.1) is 11.8 Å². The van der Waals surface area contributed by atoms with E-state index in [1.54, 1.807) is 42.0 Å². The minimum absolute atomic E-state index is 0.0166. The average Bonchev–Trinajstić information content (AvgIpc) is 3.29. The fraction of sp³-hybridized carbons (Fsp3) is 0.391. The molecular weight excluding hydrogens is 400 g/mol. The van der Waals surface area contributed by atoms with E-state index in [4.69, 9.17) is 9.47 Å². The van der Waals surface area contributed by atoms with Crippen molar-refractivity contribution >= 4 is 29.3 Å². The van der Waals surface area contributed by atoms with Crippen molar-refractivity contribution in [2.24, 2.45) is 0 Å². The lowest BCUT2D eigenvalue weighted by Crippen LogP contribution is -2.38. The lowest BCUT2D eigenvalue weighted by atomic mass is 10.2. The second-order valence-corrected chi connectivity index (χ2v) is 8.10. The molecule has 0 aliphatic carbocycles. The molecule has 2 aromatic rings. The quantitative estimate of drug-likeness (QED) is 0.610. The third-order valence-corrected chi connectivity index (χ3v) is 6.13. The molecule has 3 rings (SSSR count). The van der Waals surface area contributed by atoms with Crippen LogP contribution in [0.25, 0.3) is 0 Å². The molecule has 30 heavy (non-hydrogen) atoms. The highest BCUT2D eigenvalue weighted by molar-refractivity contribution is 7.99. The molecule has 1 unspecified atom stereocenters. The molecule has 1 fully saturated rings. The third kappa shape index (κ3) is 6.00. The van der Waals surface area contributed by atoms with Crippen LogP contribution < -0.4 is 10.1 Å². The molecule has 0 radical (unpaired) electrons. The summed E-state index contributed by atoms with van der Waals surface area (Å²) in [6.45, 7) is 3.11. The molecule has 2 amide bonds. The van der Waals surface area contributed by atoms with E-state index in [9.17, 15) is 9.59 Å². The number of nitrogens with zero attached hydrogens (tertiary/aromatic N) is 1. The molecule has 1 aliphatic heterocycles. The summed E-state index contributed by atoms with van der Waals surface area (Å²) in [4.78, 5) is 28.2. The number of carbonyl (C=O) groups excluding carboxylic acids is 2. The zero-order valence-corrected chi connectivity index (χ0v) is 18.2. The number of anilines is 1. The predicted octanol–water partition coefficient (Wildman–Crippen LogP) is 4.07. The van der Waals surface area contributed by atoms with Crippen LogP contribution in [0.1, 0.15) is 30.1 Å². The maximum Gasteiger partial charge on any atom is 0.255 e. The van der Waals surface area contributed by atoms with Gasteiger partial charge in [0.15, 0.2) is 0 Å². The van der Waals surface area contributed by atoms with Crippen LogP contribution in [-0.2, 0) is 9.53 Å². The third-order valence-electron chi connectivity index (χ3n) is 4.92. The van der Waals surface area contributed by atoms with Crippen molar-refractivity contribution < 1.29 is 19.1 Å². The summed E-state index contributed by atoms with van der Waals surface area (Å²) in [6, 6.07) is 14.7. The maximum atomic E-state index is 13.2. The van der Waals surface area contributed by atoms with E-state index in [0.717, 1.165) is 30.1 Å². The largest absolute Gasteiger partial charge is 0.497 e. The number of amides is 2. The Morgan fingerprint density at radius 2 is 2.07 bits per heavy atom. The lowest BCUT2D eigenvalue weighted by molar-refractivity contribution is -0.116. The number of thioether (sulfide) groups is 1. The van der Waals surface area contributed by atoms with Gasteiger partial charge in [0.05, 0.1) is 18.8 Å². The second kappa shape index (κ2) is 11.0. The van der Waals surface area contributed by atoms with Crippen molar-refractivity contribution in [2.75, 3.05) is 37.9 Å². The Balaban J connectivity index is 1.64. The van der Waals surface area contributed by atoms with Crippen LogP contribution in [0.5, 0.6) is 5.75 Å². The van der Waals surface area contributed by atoms with Crippen molar-refractivity contribution in [3.05, 3.63) is 54.1 Å². The number of rotatable bonds is 9. The first-order valence-electron chi connectivity index (χ1n) is 10.2. The monoisotopic (exact) mass is 428 g/mol. The van der Waals surface area contributed by atoms with Gasteiger partial charge in [-0.25, -0.2) is 0 Å². The highest BCUT2D eigenvalue weighted by Crippen LogP contribution is 2.27. The van der Waals surface area contributed by atoms with E-state index >= 15 is 0 Å². The number of hydrogen-bond acceptors (Lipinski definition) is 5. The standard InChI is InChI=1S/C23H28N2O4S/c1-3-25(15-22(26)24-17-8-6-9-18(14-17)28-2)23(27)20-11-4-5-12-21(20)30-16-19-10-7-13-29-19/h4-6,8-9,11-12,14,19H,3,7,10,13,15-16H2,1-2H3,(H,24,26). The van der Waals surface area contributed by atoms with Crippen LogP contribution in [0.15, 0.2) is 53.4 Å². The van der Waals surface area contributed by atoms with Crippen LogP contribution in [0.2, 0.25) is 0 Å². The molecule has 0 bridgehead atoms. The summed E-state index contributed by atoms with van der Waals surface area (Å²) in [5.74, 6) is 1.09. The molecule has 2 aromatic carbocycles. The van der Waals surface area contributed by atoms with Crippen molar-refractivity contribution in [1.29, 1.82) is 0 Å². The zero-order valence-electron chi connectivity index (χ0n) is 17.4. The number of ether oxygens (including phenoxy) is 2.